The molecule has 5 aromatic rings. The number of nitrogens with one attached hydrogen (secondary N) is 2. The van der Waals surface area contributed by atoms with Crippen LogP contribution in [-0.2, 0) is 12.8 Å². The summed E-state index contributed by atoms with van der Waals surface area (Å²) in [5.41, 5.74) is 9.13. The van der Waals surface area contributed by atoms with E-state index >= 15 is 0 Å². The van der Waals surface area contributed by atoms with Gasteiger partial charge in [-0.1, -0.05) is 90.5 Å². The molecule has 232 valence electrons. The molecule has 0 bridgehead atoms. The third-order valence-corrected chi connectivity index (χ3v) is 9.37. The first-order valence-corrected chi connectivity index (χ1v) is 16.3. The molecule has 8 rings (SSSR count). The smallest absolute Gasteiger partial charge is 0.191 e. The van der Waals surface area contributed by atoms with Gasteiger partial charge < -0.3 is 10.6 Å². The second-order valence-electron chi connectivity index (χ2n) is 12.0. The molecule has 0 fully saturated rings. The van der Waals surface area contributed by atoms with Gasteiger partial charge in [-0.05, 0) is 113 Å². The first kappa shape index (κ1) is 30.5. The molecule has 0 aromatic heterocycles. The van der Waals surface area contributed by atoms with Crippen LogP contribution in [0.5, 0.6) is 0 Å². The van der Waals surface area contributed by atoms with Crippen molar-refractivity contribution in [1.29, 1.82) is 0 Å². The number of para-hydroxylation sites is 2. The normalized spacial score (nSPS) is 13.7. The Hall–Kier alpha value is -5.19. The summed E-state index contributed by atoms with van der Waals surface area (Å²) >= 11 is 6.65. The van der Waals surface area contributed by atoms with Crippen molar-refractivity contribution in [1.82, 2.24) is 0 Å². The Kier molecular flexibility index (Phi) is 8.60. The van der Waals surface area contributed by atoms with Crippen LogP contribution in [0.3, 0.4) is 0 Å². The minimum atomic E-state index is -0.187. The van der Waals surface area contributed by atoms with Crippen LogP contribution < -0.4 is 21.1 Å². The number of rotatable bonds is 4. The van der Waals surface area contributed by atoms with Gasteiger partial charge in [-0.15, -0.1) is 0 Å². The number of allylic oxidation sites excluding steroid dienone is 2. The Labute approximate surface area is 278 Å². The molecule has 1 aliphatic heterocycles. The van der Waals surface area contributed by atoms with Crippen LogP contribution in [0, 0.1) is 23.2 Å². The summed E-state index contributed by atoms with van der Waals surface area (Å²) < 4.78 is 14.4. The SMILES string of the molecule is C1=CNc2ccccc2C=C1.Cc1ccccc1Nc1ccc(C(=O)C2=c3ccc4c(c3CCC2)CC=c2c(F)cccc2=4)c(Cl)c1. The van der Waals surface area contributed by atoms with Crippen LogP contribution in [0.25, 0.3) is 17.7 Å². The minimum absolute atomic E-state index is 0.0189. The number of carbonyl (C=O) groups excluding carboxylic acids is 1. The summed E-state index contributed by atoms with van der Waals surface area (Å²) in [6, 6.07) is 31.1. The molecule has 1 heterocycles. The maximum Gasteiger partial charge on any atom is 0.191 e. The van der Waals surface area contributed by atoms with E-state index in [4.69, 9.17) is 11.6 Å². The van der Waals surface area contributed by atoms with E-state index in [0.29, 0.717) is 22.2 Å². The minimum Gasteiger partial charge on any atom is -0.361 e. The zero-order chi connectivity index (χ0) is 32.3. The van der Waals surface area contributed by atoms with Crippen molar-refractivity contribution < 1.29 is 9.18 Å². The number of ketones is 1. The fourth-order valence-corrected chi connectivity index (χ4v) is 6.94. The Bertz CT molecular complexity index is 2320. The van der Waals surface area contributed by atoms with Crippen molar-refractivity contribution in [2.75, 3.05) is 10.6 Å². The van der Waals surface area contributed by atoms with Gasteiger partial charge in [0, 0.05) is 39.6 Å². The highest BCUT2D eigenvalue weighted by Gasteiger charge is 2.22. The Balaban J connectivity index is 0.000000269. The van der Waals surface area contributed by atoms with E-state index in [2.05, 4.69) is 34.9 Å². The highest BCUT2D eigenvalue weighted by atomic mass is 35.5. The molecule has 5 heteroatoms. The third kappa shape index (κ3) is 6.17. The Morgan fingerprint density at radius 3 is 2.53 bits per heavy atom. The highest BCUT2D eigenvalue weighted by Crippen LogP contribution is 2.30. The predicted octanol–water partition coefficient (Wildman–Crippen LogP) is 9.16. The molecular weight excluding hydrogens is 603 g/mol. The van der Waals surface area contributed by atoms with E-state index in [1.807, 2.05) is 98.1 Å². The number of hydrogen-bond donors (Lipinski definition) is 2. The summed E-state index contributed by atoms with van der Waals surface area (Å²) in [7, 11) is 0. The molecule has 47 heavy (non-hydrogen) atoms. The lowest BCUT2D eigenvalue weighted by Gasteiger charge is -2.20. The van der Waals surface area contributed by atoms with E-state index in [1.165, 1.54) is 22.8 Å². The number of halogens is 2. The molecule has 5 aromatic carbocycles. The van der Waals surface area contributed by atoms with E-state index in [-0.39, 0.29) is 11.6 Å². The monoisotopic (exact) mass is 636 g/mol. The summed E-state index contributed by atoms with van der Waals surface area (Å²) in [6.07, 6.45) is 13.2. The number of carbonyl (C=O) groups is 1. The lowest BCUT2D eigenvalue weighted by molar-refractivity contribution is 0.105. The summed E-state index contributed by atoms with van der Waals surface area (Å²) in [5.74, 6) is -0.206. The van der Waals surface area contributed by atoms with Crippen molar-refractivity contribution in [2.45, 2.75) is 32.6 Å². The van der Waals surface area contributed by atoms with Gasteiger partial charge in [-0.2, -0.15) is 0 Å². The number of aryl methyl sites for hydroxylation is 1. The van der Waals surface area contributed by atoms with E-state index in [9.17, 15) is 9.18 Å². The van der Waals surface area contributed by atoms with Gasteiger partial charge >= 0.3 is 0 Å². The van der Waals surface area contributed by atoms with Gasteiger partial charge in [0.25, 0.3) is 0 Å². The molecule has 2 N–H and O–H groups in total. The first-order chi connectivity index (χ1) is 23.0. The molecule has 0 unspecified atom stereocenters. The Morgan fingerprint density at radius 1 is 0.830 bits per heavy atom. The lowest BCUT2D eigenvalue weighted by atomic mass is 9.83. The molecule has 0 saturated carbocycles. The van der Waals surface area contributed by atoms with Gasteiger partial charge in [-0.3, -0.25) is 4.79 Å². The van der Waals surface area contributed by atoms with Crippen LogP contribution in [0.15, 0.2) is 115 Å². The third-order valence-electron chi connectivity index (χ3n) is 9.06. The molecule has 0 amide bonds. The molecule has 2 aliphatic carbocycles. The second-order valence-corrected chi connectivity index (χ2v) is 12.4. The second kappa shape index (κ2) is 13.3. The largest absolute Gasteiger partial charge is 0.361 e. The molecule has 0 spiro atoms. The van der Waals surface area contributed by atoms with Crippen LogP contribution in [0.1, 0.15) is 45.5 Å². The average Bonchev–Trinajstić information content (AvgIpc) is 3.35. The van der Waals surface area contributed by atoms with Crippen molar-refractivity contribution in [3.63, 3.8) is 0 Å². The van der Waals surface area contributed by atoms with Crippen molar-refractivity contribution in [2.24, 2.45) is 0 Å². The molecule has 0 atom stereocenters. The summed E-state index contributed by atoms with van der Waals surface area (Å²) in [5, 5.41) is 10.7. The van der Waals surface area contributed by atoms with Crippen molar-refractivity contribution >= 4 is 52.2 Å². The quantitative estimate of drug-likeness (QED) is 0.193. The average molecular weight is 637 g/mol. The molecular formula is C42H34ClFN2O. The van der Waals surface area contributed by atoms with Gasteiger partial charge in [0.2, 0.25) is 0 Å². The zero-order valence-corrected chi connectivity index (χ0v) is 26.9. The number of anilines is 3. The van der Waals surface area contributed by atoms with Crippen LogP contribution in [0.2, 0.25) is 5.02 Å². The Morgan fingerprint density at radius 2 is 1.66 bits per heavy atom. The van der Waals surface area contributed by atoms with Gasteiger partial charge in [-0.25, -0.2) is 4.39 Å². The number of fused-ring (bicyclic) bond motifs is 5. The first-order valence-electron chi connectivity index (χ1n) is 16.0. The standard InChI is InChI=1S/C32H25ClFNO.C10H9N/c1-19-6-2-3-11-31(19)35-20-12-13-28(29(33)18-20)32(36)27-9-4-7-21-23-16-17-26-22(8-5-10-30(26)34)24(23)14-15-25(21)27;1-2-7-10-9(5-1)6-3-4-8-11-10/h2-3,5-6,8,10-15,17-18,35H,4,7,9,16H2,1H3;1-8,11H. The van der Waals surface area contributed by atoms with Gasteiger partial charge in [0.15, 0.2) is 5.78 Å². The lowest BCUT2D eigenvalue weighted by Crippen LogP contribution is -2.26. The molecule has 3 nitrogen and oxygen atoms in total. The van der Waals surface area contributed by atoms with Gasteiger partial charge in [0.05, 0.1) is 5.02 Å². The van der Waals surface area contributed by atoms with E-state index in [0.717, 1.165) is 63.1 Å². The molecule has 0 radical (unpaired) electrons. The van der Waals surface area contributed by atoms with Crippen molar-refractivity contribution in [3.05, 3.63) is 175 Å². The van der Waals surface area contributed by atoms with Crippen molar-refractivity contribution in [3.8, 4) is 0 Å². The summed E-state index contributed by atoms with van der Waals surface area (Å²) in [4.78, 5) is 13.7. The van der Waals surface area contributed by atoms with E-state index < -0.39 is 0 Å². The zero-order valence-electron chi connectivity index (χ0n) is 26.1. The number of Topliss-reactive ketones (excluding diaryl/α,β-unsaturated/α-hetero) is 1. The van der Waals surface area contributed by atoms with Crippen LogP contribution in [-0.4, -0.2) is 5.78 Å². The fourth-order valence-electron chi connectivity index (χ4n) is 6.68. The maximum atomic E-state index is 14.4. The number of benzene rings is 5. The van der Waals surface area contributed by atoms with Crippen LogP contribution >= 0.6 is 11.6 Å². The van der Waals surface area contributed by atoms with Gasteiger partial charge in [0.1, 0.15) is 5.82 Å². The molecule has 0 saturated heterocycles. The molecule has 3 aliphatic rings. The summed E-state index contributed by atoms with van der Waals surface area (Å²) in [6.45, 7) is 2.05. The predicted molar refractivity (Wildman–Crippen MR) is 193 cm³/mol. The maximum absolute atomic E-state index is 14.4. The van der Waals surface area contributed by atoms with E-state index in [1.54, 1.807) is 6.07 Å². The van der Waals surface area contributed by atoms with Crippen LogP contribution in [0.4, 0.5) is 21.5 Å². The fraction of sp³-hybridized carbons (Fsp3) is 0.119. The highest BCUT2D eigenvalue weighted by molar-refractivity contribution is 6.38. The topological polar surface area (TPSA) is 41.1 Å². The number of hydrogen-bond acceptors (Lipinski definition) is 3.